The third-order valence-corrected chi connectivity index (χ3v) is 2.88. The van der Waals surface area contributed by atoms with E-state index in [4.69, 9.17) is 27.4 Å². The van der Waals surface area contributed by atoms with Crippen LogP contribution in [0.3, 0.4) is 0 Å². The number of rotatable bonds is 2. The molecule has 82 valence electrons. The maximum absolute atomic E-state index is 8.88. The first-order chi connectivity index (χ1) is 8.12. The standard InChI is InChI=1S/C10H3BrClN5/c11-8-1-6(3-13)10(2-9(8)12)17-16-7(4-14)5-15/h1-2,17H. The van der Waals surface area contributed by atoms with Crippen molar-refractivity contribution in [2.45, 2.75) is 0 Å². The third kappa shape index (κ3) is 3.19. The van der Waals surface area contributed by atoms with E-state index in [-0.39, 0.29) is 5.71 Å². The summed E-state index contributed by atoms with van der Waals surface area (Å²) in [6.45, 7) is 0. The van der Waals surface area contributed by atoms with Gasteiger partial charge in [0.15, 0.2) is 0 Å². The van der Waals surface area contributed by atoms with Gasteiger partial charge in [-0.3, -0.25) is 5.43 Å². The second kappa shape index (κ2) is 5.86. The molecule has 5 nitrogen and oxygen atoms in total. The molecule has 0 heterocycles. The highest BCUT2D eigenvalue weighted by Crippen LogP contribution is 2.29. The molecule has 0 saturated heterocycles. The van der Waals surface area contributed by atoms with E-state index in [0.717, 1.165) is 0 Å². The Morgan fingerprint density at radius 2 is 1.94 bits per heavy atom. The number of benzene rings is 1. The van der Waals surface area contributed by atoms with Crippen LogP contribution < -0.4 is 5.43 Å². The number of hydrogen-bond donors (Lipinski definition) is 1. The van der Waals surface area contributed by atoms with Crippen LogP contribution in [0.15, 0.2) is 21.7 Å². The lowest BCUT2D eigenvalue weighted by Gasteiger charge is -2.04. The maximum atomic E-state index is 8.88. The average molecular weight is 309 g/mol. The van der Waals surface area contributed by atoms with Gasteiger partial charge in [0.1, 0.15) is 18.2 Å². The quantitative estimate of drug-likeness (QED) is 0.671. The highest BCUT2D eigenvalue weighted by atomic mass is 79.9. The molecule has 0 aromatic heterocycles. The zero-order chi connectivity index (χ0) is 12.8. The largest absolute Gasteiger partial charge is 0.275 e. The van der Waals surface area contributed by atoms with E-state index in [0.29, 0.717) is 20.7 Å². The molecule has 0 atom stereocenters. The first-order valence-corrected chi connectivity index (χ1v) is 5.32. The summed E-state index contributed by atoms with van der Waals surface area (Å²) in [5.74, 6) is 0. The second-order valence-corrected chi connectivity index (χ2v) is 3.98. The number of halogens is 2. The van der Waals surface area contributed by atoms with E-state index < -0.39 is 0 Å². The molecule has 1 N–H and O–H groups in total. The van der Waals surface area contributed by atoms with Crippen molar-refractivity contribution >= 4 is 38.9 Å². The molecule has 7 heteroatoms. The predicted molar refractivity (Wildman–Crippen MR) is 66.2 cm³/mol. The summed E-state index contributed by atoms with van der Waals surface area (Å²) < 4.78 is 0.575. The second-order valence-electron chi connectivity index (χ2n) is 2.72. The van der Waals surface area contributed by atoms with E-state index in [1.54, 1.807) is 12.1 Å². The smallest absolute Gasteiger partial charge is 0.237 e. The van der Waals surface area contributed by atoms with Gasteiger partial charge in [-0.1, -0.05) is 11.6 Å². The molecule has 0 bridgehead atoms. The molecule has 1 aromatic carbocycles. The SMILES string of the molecule is N#CC(C#N)=NNc1cc(Cl)c(Br)cc1C#N. The first kappa shape index (κ1) is 13.0. The van der Waals surface area contributed by atoms with E-state index in [1.807, 2.05) is 6.07 Å². The minimum Gasteiger partial charge on any atom is -0.275 e. The van der Waals surface area contributed by atoms with Crippen molar-refractivity contribution < 1.29 is 0 Å². The molecule has 0 aliphatic carbocycles. The lowest BCUT2D eigenvalue weighted by Crippen LogP contribution is -1.98. The summed E-state index contributed by atoms with van der Waals surface area (Å²) in [5.41, 5.74) is 2.72. The van der Waals surface area contributed by atoms with Gasteiger partial charge in [-0.2, -0.15) is 20.9 Å². The molecular formula is C10H3BrClN5. The molecule has 0 saturated carbocycles. The van der Waals surface area contributed by atoms with Crippen LogP contribution in [0.25, 0.3) is 0 Å². The van der Waals surface area contributed by atoms with Crippen LogP contribution in [0.4, 0.5) is 5.69 Å². The number of nitriles is 3. The number of hydrogen-bond acceptors (Lipinski definition) is 5. The third-order valence-electron chi connectivity index (χ3n) is 1.68. The Bertz CT molecular complexity index is 587. The Hall–Kier alpha value is -2.07. The van der Waals surface area contributed by atoms with Crippen molar-refractivity contribution in [2.24, 2.45) is 5.10 Å². The topological polar surface area (TPSA) is 95.8 Å². The van der Waals surface area contributed by atoms with Crippen molar-refractivity contribution in [1.29, 1.82) is 15.8 Å². The van der Waals surface area contributed by atoms with Crippen LogP contribution in [0.1, 0.15) is 5.56 Å². The van der Waals surface area contributed by atoms with Gasteiger partial charge in [0, 0.05) is 4.47 Å². The summed E-state index contributed by atoms with van der Waals surface area (Å²) in [6, 6.07) is 8.10. The average Bonchev–Trinajstić information content (AvgIpc) is 2.34. The van der Waals surface area contributed by atoms with E-state index in [2.05, 4.69) is 26.5 Å². The Labute approximate surface area is 111 Å². The zero-order valence-corrected chi connectivity index (χ0v) is 10.5. The highest BCUT2D eigenvalue weighted by molar-refractivity contribution is 9.10. The van der Waals surface area contributed by atoms with Crippen LogP contribution in [0.2, 0.25) is 5.02 Å². The number of nitrogens with zero attached hydrogens (tertiary/aromatic N) is 4. The van der Waals surface area contributed by atoms with Gasteiger partial charge in [-0.15, -0.1) is 0 Å². The normalized spacial score (nSPS) is 8.41. The zero-order valence-electron chi connectivity index (χ0n) is 8.20. The fraction of sp³-hybridized carbons (Fsp3) is 0. The van der Waals surface area contributed by atoms with Crippen molar-refractivity contribution in [3.63, 3.8) is 0 Å². The maximum Gasteiger partial charge on any atom is 0.237 e. The van der Waals surface area contributed by atoms with Gasteiger partial charge in [0.25, 0.3) is 0 Å². The van der Waals surface area contributed by atoms with Gasteiger partial charge in [0.2, 0.25) is 5.71 Å². The summed E-state index contributed by atoms with van der Waals surface area (Å²) in [4.78, 5) is 0. The van der Waals surface area contributed by atoms with Crippen molar-refractivity contribution in [2.75, 3.05) is 5.43 Å². The monoisotopic (exact) mass is 307 g/mol. The summed E-state index contributed by atoms with van der Waals surface area (Å²) >= 11 is 9.03. The van der Waals surface area contributed by atoms with Crippen molar-refractivity contribution in [3.05, 3.63) is 27.2 Å². The van der Waals surface area contributed by atoms with Gasteiger partial charge >= 0.3 is 0 Å². The van der Waals surface area contributed by atoms with Crippen LogP contribution in [0.5, 0.6) is 0 Å². The Kier molecular flexibility index (Phi) is 4.48. The molecule has 0 fully saturated rings. The number of hydrazone groups is 1. The summed E-state index contributed by atoms with van der Waals surface area (Å²) in [5, 5.41) is 29.8. The molecule has 0 amide bonds. The summed E-state index contributed by atoms with van der Waals surface area (Å²) in [7, 11) is 0. The molecule has 17 heavy (non-hydrogen) atoms. The highest BCUT2D eigenvalue weighted by Gasteiger charge is 2.06. The molecular weight excluding hydrogens is 306 g/mol. The lowest BCUT2D eigenvalue weighted by atomic mass is 10.2. The Morgan fingerprint density at radius 3 is 2.47 bits per heavy atom. The van der Waals surface area contributed by atoms with E-state index in [9.17, 15) is 0 Å². The number of anilines is 1. The molecule has 0 unspecified atom stereocenters. The van der Waals surface area contributed by atoms with Crippen LogP contribution >= 0.6 is 27.5 Å². The molecule has 1 rings (SSSR count). The van der Waals surface area contributed by atoms with Crippen LogP contribution in [-0.2, 0) is 0 Å². The van der Waals surface area contributed by atoms with Crippen molar-refractivity contribution in [3.8, 4) is 18.2 Å². The molecule has 0 aliphatic rings. The molecule has 0 radical (unpaired) electrons. The molecule has 1 aromatic rings. The first-order valence-electron chi connectivity index (χ1n) is 4.15. The van der Waals surface area contributed by atoms with Gasteiger partial charge in [-0.05, 0) is 28.1 Å². The molecule has 0 spiro atoms. The fourth-order valence-corrected chi connectivity index (χ4v) is 1.43. The molecule has 0 aliphatic heterocycles. The lowest BCUT2D eigenvalue weighted by molar-refractivity contribution is 1.32. The van der Waals surface area contributed by atoms with E-state index in [1.165, 1.54) is 12.1 Å². The van der Waals surface area contributed by atoms with Gasteiger partial charge in [-0.25, -0.2) is 0 Å². The van der Waals surface area contributed by atoms with Crippen LogP contribution in [0, 0.1) is 34.0 Å². The minimum absolute atomic E-state index is 0.292. The number of nitrogens with one attached hydrogen (secondary N) is 1. The summed E-state index contributed by atoms with van der Waals surface area (Å²) in [6.07, 6.45) is 0. The fourth-order valence-electron chi connectivity index (χ4n) is 0.923. The van der Waals surface area contributed by atoms with Gasteiger partial charge < -0.3 is 0 Å². The minimum atomic E-state index is -0.340. The van der Waals surface area contributed by atoms with Gasteiger partial charge in [0.05, 0.1) is 16.3 Å². The van der Waals surface area contributed by atoms with Crippen molar-refractivity contribution in [1.82, 2.24) is 0 Å². The van der Waals surface area contributed by atoms with E-state index >= 15 is 0 Å². The Balaban J connectivity index is 3.14. The predicted octanol–water partition coefficient (Wildman–Crippen LogP) is 2.79. The Morgan fingerprint density at radius 1 is 1.29 bits per heavy atom. The van der Waals surface area contributed by atoms with Crippen LogP contribution in [-0.4, -0.2) is 5.71 Å².